The van der Waals surface area contributed by atoms with Gasteiger partial charge in [-0.2, -0.15) is 0 Å². The SMILES string of the molecule is CC1CCC2CCC(C)NC2C1. The first-order valence-corrected chi connectivity index (χ1v) is 5.51. The van der Waals surface area contributed by atoms with E-state index in [1.165, 1.54) is 32.1 Å². The average Bonchev–Trinajstić information content (AvgIpc) is 2.03. The molecular formula is C11H21N. The van der Waals surface area contributed by atoms with Crippen LogP contribution in [-0.2, 0) is 0 Å². The zero-order valence-electron chi connectivity index (χ0n) is 8.34. The Morgan fingerprint density at radius 3 is 2.58 bits per heavy atom. The second kappa shape index (κ2) is 3.37. The van der Waals surface area contributed by atoms with Crippen LogP contribution in [0.1, 0.15) is 46.0 Å². The van der Waals surface area contributed by atoms with Gasteiger partial charge < -0.3 is 5.32 Å². The van der Waals surface area contributed by atoms with E-state index in [4.69, 9.17) is 0 Å². The van der Waals surface area contributed by atoms with Crippen LogP contribution in [0.4, 0.5) is 0 Å². The molecule has 0 spiro atoms. The predicted octanol–water partition coefficient (Wildman–Crippen LogP) is 2.56. The van der Waals surface area contributed by atoms with Crippen LogP contribution in [0.25, 0.3) is 0 Å². The van der Waals surface area contributed by atoms with Crippen molar-refractivity contribution < 1.29 is 0 Å². The number of rotatable bonds is 0. The van der Waals surface area contributed by atoms with Crippen LogP contribution < -0.4 is 5.32 Å². The maximum atomic E-state index is 3.75. The van der Waals surface area contributed by atoms with Crippen molar-refractivity contribution in [2.24, 2.45) is 11.8 Å². The lowest BCUT2D eigenvalue weighted by Gasteiger charge is -2.41. The maximum Gasteiger partial charge on any atom is 0.0100 e. The molecule has 1 aliphatic heterocycles. The summed E-state index contributed by atoms with van der Waals surface area (Å²) in [7, 11) is 0. The quantitative estimate of drug-likeness (QED) is 0.584. The highest BCUT2D eigenvalue weighted by atomic mass is 15.0. The molecule has 0 aromatic rings. The van der Waals surface area contributed by atoms with Crippen LogP contribution in [-0.4, -0.2) is 12.1 Å². The fourth-order valence-electron chi connectivity index (χ4n) is 2.91. The minimum atomic E-state index is 0.775. The van der Waals surface area contributed by atoms with Gasteiger partial charge in [0.1, 0.15) is 0 Å². The van der Waals surface area contributed by atoms with Gasteiger partial charge in [-0.25, -0.2) is 0 Å². The first kappa shape index (κ1) is 8.55. The zero-order valence-corrected chi connectivity index (χ0v) is 8.34. The molecule has 0 amide bonds. The smallest absolute Gasteiger partial charge is 0.0100 e. The van der Waals surface area contributed by atoms with Crippen molar-refractivity contribution in [2.75, 3.05) is 0 Å². The summed E-state index contributed by atoms with van der Waals surface area (Å²) < 4.78 is 0. The molecule has 1 N–H and O–H groups in total. The molecule has 0 aromatic heterocycles. The first-order chi connectivity index (χ1) is 5.75. The minimum Gasteiger partial charge on any atom is -0.311 e. The molecule has 1 aliphatic carbocycles. The molecule has 0 aromatic carbocycles. The Hall–Kier alpha value is -0.0400. The van der Waals surface area contributed by atoms with Gasteiger partial charge in [0, 0.05) is 12.1 Å². The normalized spacial score (nSPS) is 48.5. The van der Waals surface area contributed by atoms with E-state index in [1.807, 2.05) is 0 Å². The van der Waals surface area contributed by atoms with E-state index in [0.717, 1.165) is 23.9 Å². The summed E-state index contributed by atoms with van der Waals surface area (Å²) in [4.78, 5) is 0. The third-order valence-corrected chi connectivity index (χ3v) is 3.72. The molecule has 12 heavy (non-hydrogen) atoms. The van der Waals surface area contributed by atoms with E-state index in [1.54, 1.807) is 0 Å². The van der Waals surface area contributed by atoms with Crippen molar-refractivity contribution in [2.45, 2.75) is 58.0 Å². The monoisotopic (exact) mass is 167 g/mol. The predicted molar refractivity (Wildman–Crippen MR) is 52.1 cm³/mol. The molecule has 4 unspecified atom stereocenters. The highest BCUT2D eigenvalue weighted by molar-refractivity contribution is 4.89. The Morgan fingerprint density at radius 1 is 1.00 bits per heavy atom. The highest BCUT2D eigenvalue weighted by Gasteiger charge is 2.32. The van der Waals surface area contributed by atoms with Gasteiger partial charge in [0.05, 0.1) is 0 Å². The molecule has 4 atom stereocenters. The molecule has 1 heterocycles. The van der Waals surface area contributed by atoms with Crippen LogP contribution in [0.15, 0.2) is 0 Å². The van der Waals surface area contributed by atoms with Crippen LogP contribution in [0.5, 0.6) is 0 Å². The third kappa shape index (κ3) is 1.66. The summed E-state index contributed by atoms with van der Waals surface area (Å²) in [6.45, 7) is 4.73. The van der Waals surface area contributed by atoms with Crippen LogP contribution in [0.3, 0.4) is 0 Å². The highest BCUT2D eigenvalue weighted by Crippen LogP contribution is 2.34. The van der Waals surface area contributed by atoms with Crippen molar-refractivity contribution in [3.63, 3.8) is 0 Å². The van der Waals surface area contributed by atoms with Gasteiger partial charge in [-0.15, -0.1) is 0 Å². The molecule has 0 bridgehead atoms. The number of hydrogen-bond acceptors (Lipinski definition) is 1. The fourth-order valence-corrected chi connectivity index (χ4v) is 2.91. The second-order valence-corrected chi connectivity index (χ2v) is 4.93. The summed E-state index contributed by atoms with van der Waals surface area (Å²) in [6.07, 6.45) is 7.25. The Bertz CT molecular complexity index is 139. The third-order valence-electron chi connectivity index (χ3n) is 3.72. The number of hydrogen-bond donors (Lipinski definition) is 1. The van der Waals surface area contributed by atoms with Gasteiger partial charge in [-0.05, 0) is 44.4 Å². The van der Waals surface area contributed by atoms with E-state index in [9.17, 15) is 0 Å². The van der Waals surface area contributed by atoms with Crippen LogP contribution in [0.2, 0.25) is 0 Å². The van der Waals surface area contributed by atoms with Crippen LogP contribution >= 0.6 is 0 Å². The molecule has 2 aliphatic rings. The fraction of sp³-hybridized carbons (Fsp3) is 1.00. The van der Waals surface area contributed by atoms with Crippen molar-refractivity contribution >= 4 is 0 Å². The van der Waals surface area contributed by atoms with E-state index in [-0.39, 0.29) is 0 Å². The van der Waals surface area contributed by atoms with Gasteiger partial charge in [0.25, 0.3) is 0 Å². The van der Waals surface area contributed by atoms with E-state index in [0.29, 0.717) is 0 Å². The standard InChI is InChI=1S/C11H21N/c1-8-3-5-10-6-4-9(2)12-11(10)7-8/h8-12H,3-7H2,1-2H3. The number of nitrogens with one attached hydrogen (secondary N) is 1. The van der Waals surface area contributed by atoms with Gasteiger partial charge >= 0.3 is 0 Å². The van der Waals surface area contributed by atoms with Gasteiger partial charge in [-0.3, -0.25) is 0 Å². The zero-order chi connectivity index (χ0) is 8.55. The topological polar surface area (TPSA) is 12.0 Å². The molecular weight excluding hydrogens is 146 g/mol. The lowest BCUT2D eigenvalue weighted by atomic mass is 9.74. The summed E-state index contributed by atoms with van der Waals surface area (Å²) in [5, 5.41) is 3.75. The largest absolute Gasteiger partial charge is 0.311 e. The molecule has 0 radical (unpaired) electrons. The molecule has 2 rings (SSSR count). The Kier molecular flexibility index (Phi) is 2.40. The lowest BCUT2D eigenvalue weighted by Crippen LogP contribution is -2.48. The lowest BCUT2D eigenvalue weighted by molar-refractivity contribution is 0.152. The number of piperidine rings is 1. The molecule has 1 saturated heterocycles. The van der Waals surface area contributed by atoms with Crippen molar-refractivity contribution in [1.29, 1.82) is 0 Å². The molecule has 1 nitrogen and oxygen atoms in total. The summed E-state index contributed by atoms with van der Waals surface area (Å²) in [5.41, 5.74) is 0. The van der Waals surface area contributed by atoms with Crippen molar-refractivity contribution in [3.05, 3.63) is 0 Å². The van der Waals surface area contributed by atoms with Crippen molar-refractivity contribution in [1.82, 2.24) is 5.32 Å². The van der Waals surface area contributed by atoms with E-state index in [2.05, 4.69) is 19.2 Å². The Balaban J connectivity index is 1.94. The Morgan fingerprint density at radius 2 is 1.75 bits per heavy atom. The summed E-state index contributed by atoms with van der Waals surface area (Å²) in [5.74, 6) is 1.97. The summed E-state index contributed by atoms with van der Waals surface area (Å²) >= 11 is 0. The van der Waals surface area contributed by atoms with E-state index >= 15 is 0 Å². The molecule has 70 valence electrons. The minimum absolute atomic E-state index is 0.775. The van der Waals surface area contributed by atoms with E-state index < -0.39 is 0 Å². The Labute approximate surface area is 75.9 Å². The second-order valence-electron chi connectivity index (χ2n) is 4.93. The van der Waals surface area contributed by atoms with Gasteiger partial charge in [0.2, 0.25) is 0 Å². The van der Waals surface area contributed by atoms with Crippen molar-refractivity contribution in [3.8, 4) is 0 Å². The van der Waals surface area contributed by atoms with Crippen LogP contribution in [0, 0.1) is 11.8 Å². The number of fused-ring (bicyclic) bond motifs is 1. The molecule has 2 fully saturated rings. The summed E-state index contributed by atoms with van der Waals surface area (Å²) in [6, 6.07) is 1.63. The van der Waals surface area contributed by atoms with Gasteiger partial charge in [0.15, 0.2) is 0 Å². The van der Waals surface area contributed by atoms with Gasteiger partial charge in [-0.1, -0.05) is 13.3 Å². The molecule has 1 heteroatoms. The average molecular weight is 167 g/mol. The first-order valence-electron chi connectivity index (χ1n) is 5.51. The molecule has 1 saturated carbocycles. The maximum absolute atomic E-state index is 3.75.